The number of anilines is 2. The molecule has 0 unspecified atom stereocenters. The van der Waals surface area contributed by atoms with Crippen LogP contribution in [0.25, 0.3) is 11.3 Å². The molecular formula is C26H23N5O5S2. The summed E-state index contributed by atoms with van der Waals surface area (Å²) in [5.74, 6) is 0.880. The summed E-state index contributed by atoms with van der Waals surface area (Å²) in [6.07, 6.45) is 2.79. The molecule has 2 aromatic heterocycles. The van der Waals surface area contributed by atoms with Gasteiger partial charge in [-0.05, 0) is 73.2 Å². The van der Waals surface area contributed by atoms with Gasteiger partial charge in [0, 0.05) is 18.0 Å². The molecule has 10 nitrogen and oxygen atoms in total. The van der Waals surface area contributed by atoms with Crippen molar-refractivity contribution in [3.8, 4) is 11.3 Å². The molecule has 1 aliphatic rings. The summed E-state index contributed by atoms with van der Waals surface area (Å²) in [6, 6.07) is 19.9. The predicted octanol–water partition coefficient (Wildman–Crippen LogP) is 5.11. The summed E-state index contributed by atoms with van der Waals surface area (Å²) in [5.41, 5.74) is 2.92. The van der Waals surface area contributed by atoms with Crippen LogP contribution in [0.4, 0.5) is 17.1 Å². The number of furan rings is 1. The number of pyridine rings is 1. The maximum absolute atomic E-state index is 11.8. The number of rotatable bonds is 7. The topological polar surface area (TPSA) is 131 Å². The number of hydrogen-bond acceptors (Lipinski definition) is 7. The average Bonchev–Trinajstić information content (AvgIpc) is 3.49. The zero-order valence-corrected chi connectivity index (χ0v) is 22.0. The van der Waals surface area contributed by atoms with E-state index in [2.05, 4.69) is 15.0 Å². The van der Waals surface area contributed by atoms with Crippen molar-refractivity contribution in [2.75, 3.05) is 15.9 Å². The van der Waals surface area contributed by atoms with Crippen molar-refractivity contribution < 1.29 is 17.8 Å². The molecule has 3 heterocycles. The highest BCUT2D eigenvalue weighted by Crippen LogP contribution is 2.44. The molecule has 0 saturated carbocycles. The highest BCUT2D eigenvalue weighted by atomic mass is 32.2. The van der Waals surface area contributed by atoms with Gasteiger partial charge in [0.1, 0.15) is 17.6 Å². The molecule has 0 radical (unpaired) electrons. The normalized spacial score (nSPS) is 17.3. The van der Waals surface area contributed by atoms with Crippen molar-refractivity contribution in [3.05, 3.63) is 106 Å². The average molecular weight is 550 g/mol. The maximum atomic E-state index is 11.8. The van der Waals surface area contributed by atoms with E-state index in [1.54, 1.807) is 55.6 Å². The second kappa shape index (κ2) is 9.88. The molecule has 0 amide bonds. The van der Waals surface area contributed by atoms with E-state index in [9.17, 15) is 18.5 Å². The fraction of sp³-hybridized carbons (Fsp3) is 0.154. The number of hydrogen-bond donors (Lipinski definition) is 2. The van der Waals surface area contributed by atoms with Gasteiger partial charge in [0.2, 0.25) is 10.0 Å². The molecule has 2 N–H and O–H groups in total. The van der Waals surface area contributed by atoms with Crippen LogP contribution in [0.1, 0.15) is 29.1 Å². The van der Waals surface area contributed by atoms with Crippen molar-refractivity contribution in [2.45, 2.75) is 19.0 Å². The third kappa shape index (κ3) is 4.95. The van der Waals surface area contributed by atoms with Crippen molar-refractivity contribution >= 4 is 44.4 Å². The van der Waals surface area contributed by atoms with Crippen molar-refractivity contribution in [3.63, 3.8) is 0 Å². The smallest absolute Gasteiger partial charge is 0.280 e. The molecule has 2 atom stereocenters. The number of benzene rings is 2. The van der Waals surface area contributed by atoms with Gasteiger partial charge in [-0.2, -0.15) is 0 Å². The Morgan fingerprint density at radius 2 is 1.87 bits per heavy atom. The molecular weight excluding hydrogens is 526 g/mol. The van der Waals surface area contributed by atoms with E-state index < -0.39 is 21.0 Å². The summed E-state index contributed by atoms with van der Waals surface area (Å²) in [6.45, 7) is 1.80. The minimum atomic E-state index is -3.45. The quantitative estimate of drug-likeness (QED) is 0.183. The first kappa shape index (κ1) is 25.4. The Labute approximate surface area is 224 Å². The molecule has 38 heavy (non-hydrogen) atoms. The van der Waals surface area contributed by atoms with Crippen LogP contribution in [0.3, 0.4) is 0 Å². The third-order valence-electron chi connectivity index (χ3n) is 6.17. The summed E-state index contributed by atoms with van der Waals surface area (Å²) in [7, 11) is -3.45. The van der Waals surface area contributed by atoms with E-state index >= 15 is 0 Å². The van der Waals surface area contributed by atoms with Crippen LogP contribution in [-0.4, -0.2) is 29.7 Å². The Kier molecular flexibility index (Phi) is 6.59. The Morgan fingerprint density at radius 3 is 2.55 bits per heavy atom. The number of nitrogens with zero attached hydrogens (tertiary/aromatic N) is 3. The van der Waals surface area contributed by atoms with E-state index in [0.717, 1.165) is 11.9 Å². The molecule has 12 heteroatoms. The first-order chi connectivity index (χ1) is 18.1. The van der Waals surface area contributed by atoms with E-state index in [1.165, 1.54) is 6.07 Å². The van der Waals surface area contributed by atoms with Gasteiger partial charge in [-0.15, -0.1) is 0 Å². The zero-order valence-electron chi connectivity index (χ0n) is 20.4. The van der Waals surface area contributed by atoms with Gasteiger partial charge >= 0.3 is 0 Å². The van der Waals surface area contributed by atoms with Gasteiger partial charge in [0.15, 0.2) is 5.11 Å². The summed E-state index contributed by atoms with van der Waals surface area (Å²) >= 11 is 5.74. The number of thiocarbonyl (C=S) groups is 1. The monoisotopic (exact) mass is 549 g/mol. The van der Waals surface area contributed by atoms with Crippen LogP contribution in [0, 0.1) is 17.0 Å². The van der Waals surface area contributed by atoms with Crippen LogP contribution >= 0.6 is 12.2 Å². The van der Waals surface area contributed by atoms with Crippen molar-refractivity contribution in [1.82, 2.24) is 10.3 Å². The van der Waals surface area contributed by atoms with E-state index in [4.69, 9.17) is 16.6 Å². The van der Waals surface area contributed by atoms with E-state index in [0.29, 0.717) is 39.1 Å². The minimum absolute atomic E-state index is 0.0591. The molecule has 2 aromatic carbocycles. The molecule has 0 aliphatic carbocycles. The Hall–Kier alpha value is -4.29. The zero-order chi connectivity index (χ0) is 27.0. The van der Waals surface area contributed by atoms with Gasteiger partial charge in [0.25, 0.3) is 5.69 Å². The molecule has 1 saturated heterocycles. The highest BCUT2D eigenvalue weighted by Gasteiger charge is 2.43. The van der Waals surface area contributed by atoms with Gasteiger partial charge in [0.05, 0.1) is 34.2 Å². The number of aryl methyl sites for hydroxylation is 1. The van der Waals surface area contributed by atoms with Crippen LogP contribution in [0.2, 0.25) is 0 Å². The Morgan fingerprint density at radius 1 is 1.11 bits per heavy atom. The van der Waals surface area contributed by atoms with E-state index in [-0.39, 0.29) is 11.7 Å². The van der Waals surface area contributed by atoms with Gasteiger partial charge in [-0.1, -0.05) is 18.2 Å². The molecule has 0 spiro atoms. The van der Waals surface area contributed by atoms with Gasteiger partial charge in [-0.25, -0.2) is 8.42 Å². The Bertz CT molecular complexity index is 1640. The van der Waals surface area contributed by atoms with Crippen LogP contribution in [0.5, 0.6) is 0 Å². The number of nitrogens with one attached hydrogen (secondary N) is 2. The van der Waals surface area contributed by atoms with Crippen LogP contribution in [0.15, 0.2) is 83.4 Å². The first-order valence-corrected chi connectivity index (χ1v) is 13.8. The number of nitro groups is 1. The second-order valence-electron chi connectivity index (χ2n) is 8.85. The van der Waals surface area contributed by atoms with Crippen LogP contribution < -0.4 is 14.9 Å². The standard InChI is InChI=1S/C26H23N5O5S2/c1-16-15-17(10-11-19(16)29-38(2,34)35)30-25(24(28-26(30)37)20-8-5-6-14-27-20)23-13-12-22(36-23)18-7-3-4-9-21(18)31(32)33/h3-15,24-25,29H,1-2H3,(H,28,37)/t24-,25-/m1/s1. The van der Waals surface area contributed by atoms with E-state index in [1.807, 2.05) is 29.2 Å². The largest absolute Gasteiger partial charge is 0.459 e. The predicted molar refractivity (Wildman–Crippen MR) is 148 cm³/mol. The van der Waals surface area contributed by atoms with Crippen molar-refractivity contribution in [2.24, 2.45) is 0 Å². The van der Waals surface area contributed by atoms with Crippen LogP contribution in [-0.2, 0) is 10.0 Å². The number of para-hydroxylation sites is 1. The fourth-order valence-corrected chi connectivity index (χ4v) is 5.51. The SMILES string of the molecule is Cc1cc(N2C(=S)N[C@H](c3ccccn3)[C@H]2c2ccc(-c3ccccc3[N+](=O)[O-])o2)ccc1NS(C)(=O)=O. The Balaban J connectivity index is 1.60. The number of nitro benzene ring substituents is 1. The molecule has 194 valence electrons. The molecule has 1 fully saturated rings. The number of sulfonamides is 1. The lowest BCUT2D eigenvalue weighted by atomic mass is 10.0. The summed E-state index contributed by atoms with van der Waals surface area (Å²) < 4.78 is 32.3. The lowest BCUT2D eigenvalue weighted by molar-refractivity contribution is -0.384. The van der Waals surface area contributed by atoms with Gasteiger partial charge in [-0.3, -0.25) is 19.8 Å². The number of aromatic nitrogens is 1. The second-order valence-corrected chi connectivity index (χ2v) is 11.0. The van der Waals surface area contributed by atoms with Crippen molar-refractivity contribution in [1.29, 1.82) is 0 Å². The maximum Gasteiger partial charge on any atom is 0.280 e. The third-order valence-corrected chi connectivity index (χ3v) is 7.07. The summed E-state index contributed by atoms with van der Waals surface area (Å²) in [4.78, 5) is 17.6. The molecule has 5 rings (SSSR count). The molecule has 4 aromatic rings. The van der Waals surface area contributed by atoms with Gasteiger partial charge < -0.3 is 14.6 Å². The molecule has 1 aliphatic heterocycles. The highest BCUT2D eigenvalue weighted by molar-refractivity contribution is 7.92. The molecule has 0 bridgehead atoms. The lowest BCUT2D eigenvalue weighted by Gasteiger charge is -2.26. The summed E-state index contributed by atoms with van der Waals surface area (Å²) in [5, 5.41) is 15.4. The fourth-order valence-electron chi connectivity index (χ4n) is 4.53. The lowest BCUT2D eigenvalue weighted by Crippen LogP contribution is -2.29. The minimum Gasteiger partial charge on any atom is -0.459 e. The first-order valence-electron chi connectivity index (χ1n) is 11.5.